The second kappa shape index (κ2) is 13.1. The Morgan fingerprint density at radius 3 is 2.14 bits per heavy atom. The number of nitrogens with zero attached hydrogens (tertiary/aromatic N) is 1. The van der Waals surface area contributed by atoms with E-state index in [0.29, 0.717) is 48.3 Å². The highest BCUT2D eigenvalue weighted by atomic mass is 16.5. The number of methoxy groups -OCH3 is 2. The van der Waals surface area contributed by atoms with Crippen molar-refractivity contribution in [2.75, 3.05) is 40.5 Å². The molecule has 1 saturated heterocycles. The molecule has 2 aliphatic heterocycles. The molecule has 36 heavy (non-hydrogen) atoms. The maximum Gasteiger partial charge on any atom is 0.0822 e. The Kier molecular flexibility index (Phi) is 9.84. The lowest BCUT2D eigenvalue weighted by molar-refractivity contribution is -0.114. The number of ether oxygens (including phenoxy) is 4. The standard InChI is InChI=1S/C31H53NO4/c1-22-28-16-15-27(34-3)21-29(28)36-31(30(22)23-7-11-25(33-2)12-8-23)24-9-13-26(14-10-24)35-20-19-32-17-5-4-6-18-32/h23-29,31H,4-21H2,1-3H3/t23?,24?,25?,26?,27?,28?,29?,31-/m0/s1. The van der Waals surface area contributed by atoms with E-state index in [9.17, 15) is 0 Å². The third kappa shape index (κ3) is 6.39. The molecule has 4 atom stereocenters. The minimum Gasteiger partial charge on any atom is -0.381 e. The van der Waals surface area contributed by atoms with E-state index in [2.05, 4.69) is 11.8 Å². The van der Waals surface area contributed by atoms with Crippen LogP contribution in [0.2, 0.25) is 0 Å². The normalized spacial score (nSPS) is 40.8. The molecule has 0 aromatic heterocycles. The Bertz CT molecular complexity index is 703. The molecule has 0 aromatic carbocycles. The lowest BCUT2D eigenvalue weighted by Gasteiger charge is -2.49. The highest BCUT2D eigenvalue weighted by Gasteiger charge is 2.45. The van der Waals surface area contributed by atoms with Crippen molar-refractivity contribution in [2.45, 2.75) is 127 Å². The van der Waals surface area contributed by atoms with Crippen LogP contribution < -0.4 is 0 Å². The molecule has 5 nitrogen and oxygen atoms in total. The van der Waals surface area contributed by atoms with Crippen LogP contribution in [0.5, 0.6) is 0 Å². The van der Waals surface area contributed by atoms with Gasteiger partial charge in [-0.25, -0.2) is 0 Å². The predicted octanol–water partition coefficient (Wildman–Crippen LogP) is 6.15. The van der Waals surface area contributed by atoms with Gasteiger partial charge in [0.05, 0.1) is 37.1 Å². The summed E-state index contributed by atoms with van der Waals surface area (Å²) in [5.41, 5.74) is 3.39. The Hall–Kier alpha value is -0.460. The molecule has 0 amide bonds. The van der Waals surface area contributed by atoms with Crippen molar-refractivity contribution >= 4 is 0 Å². The van der Waals surface area contributed by atoms with Gasteiger partial charge in [-0.05, 0) is 114 Å². The van der Waals surface area contributed by atoms with Gasteiger partial charge in [0.2, 0.25) is 0 Å². The zero-order valence-corrected chi connectivity index (χ0v) is 23.4. The van der Waals surface area contributed by atoms with Crippen molar-refractivity contribution in [3.63, 3.8) is 0 Å². The first-order chi connectivity index (χ1) is 17.7. The van der Waals surface area contributed by atoms with E-state index in [0.717, 1.165) is 19.6 Å². The summed E-state index contributed by atoms with van der Waals surface area (Å²) >= 11 is 0. The van der Waals surface area contributed by atoms with Crippen LogP contribution in [0.15, 0.2) is 11.1 Å². The molecular weight excluding hydrogens is 450 g/mol. The van der Waals surface area contributed by atoms with Gasteiger partial charge in [-0.1, -0.05) is 12.0 Å². The van der Waals surface area contributed by atoms with Gasteiger partial charge in [-0.3, -0.25) is 0 Å². The van der Waals surface area contributed by atoms with E-state index in [1.165, 1.54) is 96.6 Å². The van der Waals surface area contributed by atoms with Gasteiger partial charge in [0.25, 0.3) is 0 Å². The number of fused-ring (bicyclic) bond motifs is 1. The van der Waals surface area contributed by atoms with Crippen LogP contribution in [-0.4, -0.2) is 75.9 Å². The number of hydrogen-bond acceptors (Lipinski definition) is 5. The molecule has 0 spiro atoms. The highest BCUT2D eigenvalue weighted by molar-refractivity contribution is 5.28. The maximum atomic E-state index is 7.13. The van der Waals surface area contributed by atoms with Crippen LogP contribution in [0.25, 0.3) is 0 Å². The van der Waals surface area contributed by atoms with Gasteiger partial charge < -0.3 is 23.8 Å². The molecule has 0 radical (unpaired) electrons. The van der Waals surface area contributed by atoms with E-state index in [1.807, 2.05) is 14.2 Å². The molecule has 0 bridgehead atoms. The molecule has 5 rings (SSSR count). The van der Waals surface area contributed by atoms with E-state index in [4.69, 9.17) is 18.9 Å². The predicted molar refractivity (Wildman–Crippen MR) is 144 cm³/mol. The maximum absolute atomic E-state index is 7.13. The van der Waals surface area contributed by atoms with Gasteiger partial charge in [0, 0.05) is 33.1 Å². The van der Waals surface area contributed by atoms with E-state index in [1.54, 1.807) is 11.1 Å². The molecule has 3 unspecified atom stereocenters. The molecule has 3 aliphatic carbocycles. The fourth-order valence-corrected chi connectivity index (χ4v) is 8.27. The molecule has 2 heterocycles. The van der Waals surface area contributed by atoms with Gasteiger partial charge in [-0.2, -0.15) is 0 Å². The molecule has 3 saturated carbocycles. The van der Waals surface area contributed by atoms with Gasteiger partial charge >= 0.3 is 0 Å². The monoisotopic (exact) mass is 503 g/mol. The van der Waals surface area contributed by atoms with Gasteiger partial charge in [-0.15, -0.1) is 0 Å². The molecule has 5 aliphatic rings. The zero-order valence-electron chi connectivity index (χ0n) is 23.4. The number of piperidine rings is 1. The molecular formula is C31H53NO4. The Labute approximate surface area is 220 Å². The van der Waals surface area contributed by atoms with Crippen molar-refractivity contribution in [1.82, 2.24) is 4.90 Å². The minimum absolute atomic E-state index is 0.306. The molecule has 0 N–H and O–H groups in total. The van der Waals surface area contributed by atoms with Gasteiger partial charge in [0.1, 0.15) is 0 Å². The van der Waals surface area contributed by atoms with Crippen LogP contribution in [-0.2, 0) is 18.9 Å². The third-order valence-electron chi connectivity index (χ3n) is 10.5. The Balaban J connectivity index is 1.21. The molecule has 0 aromatic rings. The van der Waals surface area contributed by atoms with Crippen molar-refractivity contribution in [3.8, 4) is 0 Å². The summed E-state index contributed by atoms with van der Waals surface area (Å²) < 4.78 is 25.0. The second-order valence-corrected chi connectivity index (χ2v) is 12.5. The molecule has 4 fully saturated rings. The van der Waals surface area contributed by atoms with Crippen LogP contribution in [0, 0.1) is 17.8 Å². The van der Waals surface area contributed by atoms with Crippen LogP contribution in [0.4, 0.5) is 0 Å². The second-order valence-electron chi connectivity index (χ2n) is 12.5. The lowest BCUT2D eigenvalue weighted by Crippen LogP contribution is -2.47. The fraction of sp³-hybridized carbons (Fsp3) is 0.935. The molecule has 206 valence electrons. The van der Waals surface area contributed by atoms with E-state index >= 15 is 0 Å². The summed E-state index contributed by atoms with van der Waals surface area (Å²) in [6, 6.07) is 0. The average molecular weight is 504 g/mol. The fourth-order valence-electron chi connectivity index (χ4n) is 8.27. The summed E-state index contributed by atoms with van der Waals surface area (Å²) in [7, 11) is 3.76. The Morgan fingerprint density at radius 2 is 1.44 bits per heavy atom. The smallest absolute Gasteiger partial charge is 0.0822 e. The van der Waals surface area contributed by atoms with Crippen molar-refractivity contribution in [1.29, 1.82) is 0 Å². The summed E-state index contributed by atoms with van der Waals surface area (Å²) in [5.74, 6) is 1.92. The van der Waals surface area contributed by atoms with Crippen LogP contribution in [0.3, 0.4) is 0 Å². The van der Waals surface area contributed by atoms with Crippen molar-refractivity contribution < 1.29 is 18.9 Å². The van der Waals surface area contributed by atoms with Gasteiger partial charge in [0.15, 0.2) is 0 Å². The van der Waals surface area contributed by atoms with E-state index in [-0.39, 0.29) is 0 Å². The van der Waals surface area contributed by atoms with E-state index < -0.39 is 0 Å². The molecule has 5 heteroatoms. The number of hydrogen-bond donors (Lipinski definition) is 0. The van der Waals surface area contributed by atoms with Crippen molar-refractivity contribution in [3.05, 3.63) is 11.1 Å². The number of rotatable bonds is 8. The largest absolute Gasteiger partial charge is 0.381 e. The third-order valence-corrected chi connectivity index (χ3v) is 10.5. The summed E-state index contributed by atoms with van der Waals surface area (Å²) in [4.78, 5) is 2.59. The lowest BCUT2D eigenvalue weighted by atomic mass is 9.67. The first kappa shape index (κ1) is 27.1. The average Bonchev–Trinajstić information content (AvgIpc) is 2.94. The topological polar surface area (TPSA) is 40.2 Å². The first-order valence-electron chi connectivity index (χ1n) is 15.4. The zero-order chi connectivity index (χ0) is 24.9. The first-order valence-corrected chi connectivity index (χ1v) is 15.4. The summed E-state index contributed by atoms with van der Waals surface area (Å²) in [6.45, 7) is 7.02. The van der Waals surface area contributed by atoms with Crippen LogP contribution >= 0.6 is 0 Å². The highest BCUT2D eigenvalue weighted by Crippen LogP contribution is 2.48. The number of likely N-dealkylation sites (tertiary alicyclic amines) is 1. The SMILES string of the molecule is COC1CCC(C2=C(C)C3CCC(OC)CC3O[C@H]2C2CCC(OCCN3CCCCC3)CC2)CC1. The minimum atomic E-state index is 0.306. The summed E-state index contributed by atoms with van der Waals surface area (Å²) in [5, 5.41) is 0. The Morgan fingerprint density at radius 1 is 0.778 bits per heavy atom. The van der Waals surface area contributed by atoms with Crippen LogP contribution in [0.1, 0.15) is 96.8 Å². The quantitative estimate of drug-likeness (QED) is 0.372. The summed E-state index contributed by atoms with van der Waals surface area (Å²) in [6.07, 6.45) is 19.3. The van der Waals surface area contributed by atoms with Crippen molar-refractivity contribution in [2.24, 2.45) is 17.8 Å².